The van der Waals surface area contributed by atoms with Gasteiger partial charge >= 0.3 is 0 Å². The molecule has 9 heavy (non-hydrogen) atoms. The lowest BCUT2D eigenvalue weighted by atomic mass is 10.4. The first-order valence-corrected chi connectivity index (χ1v) is 3.21. The van der Waals surface area contributed by atoms with Gasteiger partial charge in [0.05, 0.1) is 12.7 Å². The summed E-state index contributed by atoms with van der Waals surface area (Å²) in [4.78, 5) is 0. The standard InChI is InChI=1S/C6H12O3/c1-5-4-8-6(9-5)2-3-7/h5-7H,2-4H2,1H3. The van der Waals surface area contributed by atoms with Crippen molar-refractivity contribution < 1.29 is 14.6 Å². The van der Waals surface area contributed by atoms with Crippen LogP contribution in [0.4, 0.5) is 0 Å². The molecule has 1 fully saturated rings. The Bertz CT molecular complexity index is 82.4. The highest BCUT2D eigenvalue weighted by Crippen LogP contribution is 2.12. The first kappa shape index (κ1) is 6.99. The Morgan fingerprint density at radius 2 is 2.44 bits per heavy atom. The zero-order chi connectivity index (χ0) is 6.69. The van der Waals surface area contributed by atoms with E-state index in [2.05, 4.69) is 0 Å². The fourth-order valence-corrected chi connectivity index (χ4v) is 0.837. The van der Waals surface area contributed by atoms with Crippen molar-refractivity contribution in [2.45, 2.75) is 25.7 Å². The van der Waals surface area contributed by atoms with Gasteiger partial charge in [0.25, 0.3) is 0 Å². The lowest BCUT2D eigenvalue weighted by molar-refractivity contribution is -0.0666. The van der Waals surface area contributed by atoms with Crippen LogP contribution in [0.5, 0.6) is 0 Å². The number of aliphatic hydroxyl groups excluding tert-OH is 1. The van der Waals surface area contributed by atoms with Crippen molar-refractivity contribution >= 4 is 0 Å². The summed E-state index contributed by atoms with van der Waals surface area (Å²) in [5, 5.41) is 8.45. The van der Waals surface area contributed by atoms with Gasteiger partial charge in [-0.1, -0.05) is 0 Å². The first-order valence-electron chi connectivity index (χ1n) is 3.21. The molecular weight excluding hydrogens is 120 g/mol. The highest BCUT2D eigenvalue weighted by molar-refractivity contribution is 4.58. The molecule has 0 saturated carbocycles. The normalized spacial score (nSPS) is 35.3. The predicted molar refractivity (Wildman–Crippen MR) is 32.0 cm³/mol. The monoisotopic (exact) mass is 132 g/mol. The smallest absolute Gasteiger partial charge is 0.160 e. The summed E-state index contributed by atoms with van der Waals surface area (Å²) in [6, 6.07) is 0. The van der Waals surface area contributed by atoms with E-state index in [0.717, 1.165) is 0 Å². The molecule has 1 N–H and O–H groups in total. The molecule has 1 heterocycles. The van der Waals surface area contributed by atoms with Crippen LogP contribution in [0.25, 0.3) is 0 Å². The van der Waals surface area contributed by atoms with E-state index in [1.807, 2.05) is 6.92 Å². The molecule has 0 spiro atoms. The van der Waals surface area contributed by atoms with Crippen molar-refractivity contribution in [1.82, 2.24) is 0 Å². The third-order valence-corrected chi connectivity index (χ3v) is 1.27. The molecule has 3 nitrogen and oxygen atoms in total. The number of rotatable bonds is 2. The van der Waals surface area contributed by atoms with Gasteiger partial charge in [-0.05, 0) is 6.92 Å². The molecule has 0 amide bonds. The van der Waals surface area contributed by atoms with E-state index >= 15 is 0 Å². The van der Waals surface area contributed by atoms with E-state index < -0.39 is 0 Å². The second-order valence-electron chi connectivity index (χ2n) is 2.22. The van der Waals surface area contributed by atoms with Crippen molar-refractivity contribution in [3.05, 3.63) is 0 Å². The Morgan fingerprint density at radius 3 is 2.89 bits per heavy atom. The molecule has 2 atom stereocenters. The predicted octanol–water partition coefficient (Wildman–Crippen LogP) is 0.130. The molecule has 3 heteroatoms. The van der Waals surface area contributed by atoms with Crippen LogP contribution in [0.1, 0.15) is 13.3 Å². The molecule has 1 rings (SSSR count). The van der Waals surface area contributed by atoms with Crippen molar-refractivity contribution in [2.24, 2.45) is 0 Å². The van der Waals surface area contributed by atoms with Gasteiger partial charge in [-0.25, -0.2) is 0 Å². The Morgan fingerprint density at radius 1 is 1.67 bits per heavy atom. The third kappa shape index (κ3) is 1.93. The van der Waals surface area contributed by atoms with Crippen LogP contribution in [0.2, 0.25) is 0 Å². The molecule has 1 aliphatic heterocycles. The summed E-state index contributed by atoms with van der Waals surface area (Å²) in [7, 11) is 0. The Labute approximate surface area is 54.6 Å². The fraction of sp³-hybridized carbons (Fsp3) is 1.00. The van der Waals surface area contributed by atoms with Crippen molar-refractivity contribution in [1.29, 1.82) is 0 Å². The van der Waals surface area contributed by atoms with Crippen LogP contribution in [0, 0.1) is 0 Å². The number of hydrogen-bond donors (Lipinski definition) is 1. The van der Waals surface area contributed by atoms with E-state index in [1.54, 1.807) is 0 Å². The highest BCUT2D eigenvalue weighted by atomic mass is 16.7. The molecule has 54 valence electrons. The van der Waals surface area contributed by atoms with Gasteiger partial charge in [-0.2, -0.15) is 0 Å². The van der Waals surface area contributed by atoms with E-state index in [0.29, 0.717) is 13.0 Å². The average Bonchev–Trinajstić information content (AvgIpc) is 2.17. The summed E-state index contributed by atoms with van der Waals surface area (Å²) >= 11 is 0. The molecule has 1 saturated heterocycles. The SMILES string of the molecule is CC1COC(CCO)O1. The van der Waals surface area contributed by atoms with Crippen molar-refractivity contribution in [2.75, 3.05) is 13.2 Å². The highest BCUT2D eigenvalue weighted by Gasteiger charge is 2.20. The molecule has 2 unspecified atom stereocenters. The van der Waals surface area contributed by atoms with Gasteiger partial charge in [0.15, 0.2) is 6.29 Å². The maximum Gasteiger partial charge on any atom is 0.160 e. The van der Waals surface area contributed by atoms with Crippen LogP contribution in [0.15, 0.2) is 0 Å². The van der Waals surface area contributed by atoms with Gasteiger partial charge in [0, 0.05) is 13.0 Å². The van der Waals surface area contributed by atoms with Crippen LogP contribution in [0.3, 0.4) is 0 Å². The largest absolute Gasteiger partial charge is 0.396 e. The molecule has 0 bridgehead atoms. The Hall–Kier alpha value is -0.120. The van der Waals surface area contributed by atoms with Crippen LogP contribution >= 0.6 is 0 Å². The maximum absolute atomic E-state index is 8.45. The molecular formula is C6H12O3. The number of ether oxygens (including phenoxy) is 2. The summed E-state index contributed by atoms with van der Waals surface area (Å²) in [6.07, 6.45) is 0.621. The van der Waals surface area contributed by atoms with Gasteiger partial charge in [-0.3, -0.25) is 0 Å². The zero-order valence-corrected chi connectivity index (χ0v) is 5.54. The molecule has 0 aliphatic carbocycles. The average molecular weight is 132 g/mol. The fourth-order valence-electron chi connectivity index (χ4n) is 0.837. The molecule has 0 aromatic rings. The minimum absolute atomic E-state index is 0.136. The lowest BCUT2D eigenvalue weighted by Gasteiger charge is -2.05. The van der Waals surface area contributed by atoms with E-state index in [4.69, 9.17) is 14.6 Å². The summed E-state index contributed by atoms with van der Waals surface area (Å²) in [5.74, 6) is 0. The van der Waals surface area contributed by atoms with Gasteiger partial charge in [0.2, 0.25) is 0 Å². The summed E-state index contributed by atoms with van der Waals surface area (Å²) in [5.41, 5.74) is 0. The molecule has 0 aromatic heterocycles. The molecule has 0 radical (unpaired) electrons. The van der Waals surface area contributed by atoms with E-state index in [1.165, 1.54) is 0 Å². The number of aliphatic hydroxyl groups is 1. The maximum atomic E-state index is 8.45. The Kier molecular flexibility index (Phi) is 2.45. The molecule has 0 aromatic carbocycles. The Balaban J connectivity index is 2.14. The van der Waals surface area contributed by atoms with Crippen LogP contribution in [-0.2, 0) is 9.47 Å². The zero-order valence-electron chi connectivity index (χ0n) is 5.54. The second kappa shape index (κ2) is 3.15. The summed E-state index contributed by atoms with van der Waals surface area (Å²) in [6.45, 7) is 2.75. The van der Waals surface area contributed by atoms with Gasteiger partial charge in [-0.15, -0.1) is 0 Å². The quantitative estimate of drug-likeness (QED) is 0.580. The van der Waals surface area contributed by atoms with Crippen molar-refractivity contribution in [3.63, 3.8) is 0 Å². The van der Waals surface area contributed by atoms with E-state index in [9.17, 15) is 0 Å². The first-order chi connectivity index (χ1) is 4.33. The van der Waals surface area contributed by atoms with Crippen LogP contribution < -0.4 is 0 Å². The van der Waals surface area contributed by atoms with Crippen molar-refractivity contribution in [3.8, 4) is 0 Å². The number of hydrogen-bond acceptors (Lipinski definition) is 3. The molecule has 1 aliphatic rings. The second-order valence-corrected chi connectivity index (χ2v) is 2.22. The van der Waals surface area contributed by atoms with E-state index in [-0.39, 0.29) is 19.0 Å². The summed E-state index contributed by atoms with van der Waals surface area (Å²) < 4.78 is 10.3. The minimum atomic E-state index is -0.162. The van der Waals surface area contributed by atoms with Gasteiger partial charge < -0.3 is 14.6 Å². The van der Waals surface area contributed by atoms with Crippen LogP contribution in [-0.4, -0.2) is 30.7 Å². The van der Waals surface area contributed by atoms with Gasteiger partial charge in [0.1, 0.15) is 0 Å². The topological polar surface area (TPSA) is 38.7 Å². The third-order valence-electron chi connectivity index (χ3n) is 1.27. The minimum Gasteiger partial charge on any atom is -0.396 e. The lowest BCUT2D eigenvalue weighted by Crippen LogP contribution is -2.10.